The monoisotopic (exact) mass is 488 g/mol. The lowest BCUT2D eigenvalue weighted by molar-refractivity contribution is -0.144. The van der Waals surface area contributed by atoms with Gasteiger partial charge in [-0.1, -0.05) is 39.3 Å². The topological polar surface area (TPSA) is 91.4 Å². The van der Waals surface area contributed by atoms with Crippen LogP contribution >= 0.6 is 0 Å². The summed E-state index contributed by atoms with van der Waals surface area (Å²) in [5, 5.41) is 0.756. The molecular formula is C29H32N2O5. The fourth-order valence-electron chi connectivity index (χ4n) is 4.53. The van der Waals surface area contributed by atoms with Gasteiger partial charge in [-0.15, -0.1) is 0 Å². The van der Waals surface area contributed by atoms with Gasteiger partial charge in [0.2, 0.25) is 0 Å². The fourth-order valence-corrected chi connectivity index (χ4v) is 4.53. The van der Waals surface area contributed by atoms with Gasteiger partial charge in [-0.25, -0.2) is 9.78 Å². The number of aromatic nitrogens is 2. The Labute approximate surface area is 209 Å². The molecule has 0 aliphatic rings. The molecule has 0 saturated heterocycles. The average Bonchev–Trinajstić information content (AvgIpc) is 2.84. The minimum Gasteiger partial charge on any atom is -0.461 e. The van der Waals surface area contributed by atoms with Gasteiger partial charge in [0.25, 0.3) is 5.56 Å². The molecule has 4 aromatic rings. The zero-order valence-electron chi connectivity index (χ0n) is 21.3. The van der Waals surface area contributed by atoms with E-state index in [4.69, 9.17) is 9.15 Å². The van der Waals surface area contributed by atoms with Gasteiger partial charge >= 0.3 is 11.6 Å². The van der Waals surface area contributed by atoms with Crippen molar-refractivity contribution in [2.45, 2.75) is 72.4 Å². The van der Waals surface area contributed by atoms with Crippen LogP contribution in [0.4, 0.5) is 0 Å². The minimum atomic E-state index is -0.488. The minimum absolute atomic E-state index is 0.0179. The molecule has 0 N–H and O–H groups in total. The maximum Gasteiger partial charge on any atom is 0.336 e. The van der Waals surface area contributed by atoms with Gasteiger partial charge in [0.1, 0.15) is 17.9 Å². The Morgan fingerprint density at radius 3 is 2.67 bits per heavy atom. The number of esters is 1. The van der Waals surface area contributed by atoms with Crippen LogP contribution < -0.4 is 11.2 Å². The Morgan fingerprint density at radius 1 is 1.14 bits per heavy atom. The molecule has 0 aliphatic carbocycles. The van der Waals surface area contributed by atoms with E-state index in [2.05, 4.69) is 25.8 Å². The van der Waals surface area contributed by atoms with E-state index in [0.717, 1.165) is 40.4 Å². The molecule has 2 heterocycles. The lowest BCUT2D eigenvalue weighted by Crippen LogP contribution is -2.26. The fraction of sp³-hybridized carbons (Fsp3) is 0.379. The number of ether oxygens (including phenoxy) is 1. The quantitative estimate of drug-likeness (QED) is 0.231. The van der Waals surface area contributed by atoms with Gasteiger partial charge in [-0.2, -0.15) is 0 Å². The Balaban J connectivity index is 1.52. The van der Waals surface area contributed by atoms with Crippen molar-refractivity contribution in [1.82, 2.24) is 9.55 Å². The molecule has 7 heteroatoms. The van der Waals surface area contributed by atoms with E-state index in [-0.39, 0.29) is 25.0 Å². The third-order valence-electron chi connectivity index (χ3n) is 6.45. The molecule has 4 rings (SSSR count). The van der Waals surface area contributed by atoms with Gasteiger partial charge in [0.15, 0.2) is 0 Å². The van der Waals surface area contributed by atoms with Gasteiger partial charge in [-0.3, -0.25) is 9.59 Å². The molecule has 0 aliphatic heterocycles. The SMILES string of the molecule is CCCCn1c(=O)c(CCC(=O)OCc2cc(=O)oc3cc(C)c(C(C)C)cc23)nc2ccccc21. The third kappa shape index (κ3) is 5.40. The highest BCUT2D eigenvalue weighted by molar-refractivity contribution is 5.82. The number of hydrogen-bond acceptors (Lipinski definition) is 6. The Bertz CT molecular complexity index is 1530. The van der Waals surface area contributed by atoms with Gasteiger partial charge in [0.05, 0.1) is 17.5 Å². The largest absolute Gasteiger partial charge is 0.461 e. The summed E-state index contributed by atoms with van der Waals surface area (Å²) in [6, 6.07) is 12.8. The summed E-state index contributed by atoms with van der Waals surface area (Å²) in [6.45, 7) is 8.83. The maximum atomic E-state index is 13.1. The second-order valence-electron chi connectivity index (χ2n) is 9.47. The predicted octanol–water partition coefficient (Wildman–Crippen LogP) is 5.41. The van der Waals surface area contributed by atoms with Crippen molar-refractivity contribution in [1.29, 1.82) is 0 Å². The summed E-state index contributed by atoms with van der Waals surface area (Å²) >= 11 is 0. The summed E-state index contributed by atoms with van der Waals surface area (Å²) in [7, 11) is 0. The van der Waals surface area contributed by atoms with Crippen LogP contribution in [-0.4, -0.2) is 15.5 Å². The average molecular weight is 489 g/mol. The Hall–Kier alpha value is -3.74. The first-order chi connectivity index (χ1) is 17.3. The smallest absolute Gasteiger partial charge is 0.336 e. The second kappa shape index (κ2) is 10.9. The normalized spacial score (nSPS) is 11.5. The number of carbonyl (C=O) groups is 1. The highest BCUT2D eigenvalue weighted by atomic mass is 16.5. The first-order valence-corrected chi connectivity index (χ1v) is 12.5. The molecule has 0 saturated carbocycles. The molecule has 0 amide bonds. The van der Waals surface area contributed by atoms with Crippen LogP contribution in [0, 0.1) is 6.92 Å². The zero-order chi connectivity index (χ0) is 25.8. The molecule has 0 atom stereocenters. The number of aryl methyl sites for hydroxylation is 3. The molecule has 2 aromatic carbocycles. The molecule has 0 spiro atoms. The van der Waals surface area contributed by atoms with E-state index in [1.165, 1.54) is 6.07 Å². The van der Waals surface area contributed by atoms with Crippen molar-refractivity contribution in [3.05, 3.63) is 85.6 Å². The zero-order valence-corrected chi connectivity index (χ0v) is 21.3. The van der Waals surface area contributed by atoms with Crippen molar-refractivity contribution in [3.63, 3.8) is 0 Å². The number of carbonyl (C=O) groups excluding carboxylic acids is 1. The number of para-hydroxylation sites is 2. The molecule has 188 valence electrons. The first kappa shape index (κ1) is 25.4. The van der Waals surface area contributed by atoms with E-state index < -0.39 is 11.6 Å². The summed E-state index contributed by atoms with van der Waals surface area (Å²) in [6.07, 6.45) is 2.05. The molecule has 0 radical (unpaired) electrons. The van der Waals surface area contributed by atoms with Crippen LogP contribution in [-0.2, 0) is 29.1 Å². The van der Waals surface area contributed by atoms with Crippen LogP contribution in [0.25, 0.3) is 22.0 Å². The molecule has 36 heavy (non-hydrogen) atoms. The van der Waals surface area contributed by atoms with E-state index in [9.17, 15) is 14.4 Å². The highest BCUT2D eigenvalue weighted by Gasteiger charge is 2.15. The molecule has 0 fully saturated rings. The number of nitrogens with zero attached hydrogens (tertiary/aromatic N) is 2. The molecule has 2 aromatic heterocycles. The summed E-state index contributed by atoms with van der Waals surface area (Å²) in [4.78, 5) is 42.3. The number of unbranched alkanes of at least 4 members (excludes halogenated alkanes) is 1. The summed E-state index contributed by atoms with van der Waals surface area (Å²) in [5.74, 6) is -0.158. The first-order valence-electron chi connectivity index (χ1n) is 12.5. The number of fused-ring (bicyclic) bond motifs is 2. The third-order valence-corrected chi connectivity index (χ3v) is 6.45. The van der Waals surface area contributed by atoms with Crippen molar-refractivity contribution in [2.24, 2.45) is 0 Å². The maximum absolute atomic E-state index is 13.1. The number of hydrogen-bond donors (Lipinski definition) is 0. The molecule has 7 nitrogen and oxygen atoms in total. The van der Waals surface area contributed by atoms with Gasteiger partial charge in [-0.05, 0) is 54.7 Å². The van der Waals surface area contributed by atoms with Crippen LogP contribution in [0.2, 0.25) is 0 Å². The predicted molar refractivity (Wildman–Crippen MR) is 140 cm³/mol. The van der Waals surface area contributed by atoms with E-state index in [1.807, 2.05) is 43.3 Å². The Kier molecular flexibility index (Phi) is 7.67. The van der Waals surface area contributed by atoms with Crippen molar-refractivity contribution < 1.29 is 13.9 Å². The van der Waals surface area contributed by atoms with Crippen molar-refractivity contribution in [2.75, 3.05) is 0 Å². The van der Waals surface area contributed by atoms with E-state index in [1.54, 1.807) is 4.57 Å². The van der Waals surface area contributed by atoms with Crippen molar-refractivity contribution in [3.8, 4) is 0 Å². The summed E-state index contributed by atoms with van der Waals surface area (Å²) in [5.41, 5.74) is 4.49. The van der Waals surface area contributed by atoms with Crippen molar-refractivity contribution >= 4 is 28.0 Å². The lowest BCUT2D eigenvalue weighted by atomic mass is 9.95. The number of rotatable bonds is 9. The molecular weight excluding hydrogens is 456 g/mol. The van der Waals surface area contributed by atoms with Gasteiger partial charge in [0, 0.05) is 30.0 Å². The standard InChI is InChI=1S/C29H32N2O5/c1-5-6-13-31-25-10-8-7-9-23(25)30-24(29(31)34)11-12-27(32)35-17-20-15-28(33)36-26-14-19(4)21(18(2)3)16-22(20)26/h7-10,14-16,18H,5-6,11-13,17H2,1-4H3. The lowest BCUT2D eigenvalue weighted by Gasteiger charge is -2.13. The molecule has 0 bridgehead atoms. The number of benzene rings is 2. The Morgan fingerprint density at radius 2 is 1.92 bits per heavy atom. The van der Waals surface area contributed by atoms with Crippen LogP contribution in [0.5, 0.6) is 0 Å². The van der Waals surface area contributed by atoms with Crippen LogP contribution in [0.1, 0.15) is 68.3 Å². The molecule has 0 unspecified atom stereocenters. The van der Waals surface area contributed by atoms with Gasteiger partial charge < -0.3 is 13.7 Å². The van der Waals surface area contributed by atoms with E-state index in [0.29, 0.717) is 29.3 Å². The highest BCUT2D eigenvalue weighted by Crippen LogP contribution is 2.27. The van der Waals surface area contributed by atoms with Crippen LogP contribution in [0.3, 0.4) is 0 Å². The summed E-state index contributed by atoms with van der Waals surface area (Å²) < 4.78 is 12.6. The second-order valence-corrected chi connectivity index (χ2v) is 9.47. The van der Waals surface area contributed by atoms with E-state index >= 15 is 0 Å². The van der Waals surface area contributed by atoms with Crippen LogP contribution in [0.15, 0.2) is 56.5 Å².